The minimum atomic E-state index is -5.32. The number of benzene rings is 2. The van der Waals surface area contributed by atoms with Crippen molar-refractivity contribution in [2.24, 2.45) is 0 Å². The lowest BCUT2D eigenvalue weighted by Crippen LogP contribution is -2.33. The first-order chi connectivity index (χ1) is 17.7. The molecule has 2 aromatic carbocycles. The van der Waals surface area contributed by atoms with Gasteiger partial charge in [0.05, 0.1) is 15.6 Å². The third-order valence-electron chi connectivity index (χ3n) is 5.00. The Morgan fingerprint density at radius 3 is 1.95 bits per heavy atom. The van der Waals surface area contributed by atoms with Gasteiger partial charge >= 0.3 is 18.5 Å². The van der Waals surface area contributed by atoms with Gasteiger partial charge in [-0.1, -0.05) is 35.3 Å². The summed E-state index contributed by atoms with van der Waals surface area (Å²) < 4.78 is 147. The first-order valence-electron chi connectivity index (χ1n) is 10.4. The molecule has 0 aromatic heterocycles. The number of allylic oxidation sites excluding steroid dienone is 1. The zero-order chi connectivity index (χ0) is 29.9. The van der Waals surface area contributed by atoms with Crippen molar-refractivity contribution in [1.29, 1.82) is 0 Å². The first kappa shape index (κ1) is 32.3. The van der Waals surface area contributed by atoms with Crippen molar-refractivity contribution in [3.63, 3.8) is 0 Å². The molecule has 1 amide bonds. The van der Waals surface area contributed by atoms with Gasteiger partial charge in [-0.05, 0) is 29.8 Å². The number of nitrogens with one attached hydrogen (secondary N) is 1. The Kier molecular flexibility index (Phi) is 10.0. The van der Waals surface area contributed by atoms with Gasteiger partial charge in [0.1, 0.15) is 18.3 Å². The van der Waals surface area contributed by atoms with E-state index < -0.39 is 99.5 Å². The summed E-state index contributed by atoms with van der Waals surface area (Å²) in [6, 6.07) is 2.10. The average Bonchev–Trinajstić information content (AvgIpc) is 2.80. The molecule has 39 heavy (non-hydrogen) atoms. The van der Waals surface area contributed by atoms with E-state index >= 15 is 0 Å². The molecule has 1 unspecified atom stereocenters. The van der Waals surface area contributed by atoms with E-state index in [0.717, 1.165) is 0 Å². The van der Waals surface area contributed by atoms with E-state index in [4.69, 9.17) is 23.2 Å². The van der Waals surface area contributed by atoms with Crippen molar-refractivity contribution in [3.05, 3.63) is 74.5 Å². The summed E-state index contributed by atoms with van der Waals surface area (Å²) in [6.45, 7) is -1.73. The van der Waals surface area contributed by atoms with Crippen LogP contribution in [0.2, 0.25) is 10.0 Å². The van der Waals surface area contributed by atoms with Gasteiger partial charge in [-0.15, -0.1) is 0 Å². The molecule has 2 rings (SSSR count). The molecule has 0 saturated carbocycles. The lowest BCUT2D eigenvalue weighted by Gasteiger charge is -2.19. The van der Waals surface area contributed by atoms with Crippen LogP contribution in [0.4, 0.5) is 48.3 Å². The van der Waals surface area contributed by atoms with Gasteiger partial charge in [-0.25, -0.2) is 8.78 Å². The monoisotopic (exact) mass is 615 g/mol. The maximum absolute atomic E-state index is 14.8. The van der Waals surface area contributed by atoms with E-state index in [1.807, 2.05) is 0 Å². The summed E-state index contributed by atoms with van der Waals surface area (Å²) in [4.78, 5) is 23.7. The standard InChI is InChI=1S/C23H14Cl2F11NO2/c24-15-6-11(7-16(25)20(15)27)13(22(31,32)33)8-17(26)10-1-2-12(14(5-10)23(34,35)36)18(38)3-4-19(39)37-9-21(28,29)30/h1-2,5-8,13H,3-4,9H2,(H,37,39)/b17-8-. The number of amides is 1. The Balaban J connectivity index is 2.41. The highest BCUT2D eigenvalue weighted by atomic mass is 35.5. The van der Waals surface area contributed by atoms with Crippen LogP contribution in [-0.4, -0.2) is 30.6 Å². The van der Waals surface area contributed by atoms with Gasteiger partial charge in [0.15, 0.2) is 11.6 Å². The lowest BCUT2D eigenvalue weighted by atomic mass is 9.94. The number of Topliss-reactive ketones (excluding diaryl/α,β-unsaturated/α-hetero) is 1. The topological polar surface area (TPSA) is 46.2 Å². The fraction of sp³-hybridized carbons (Fsp3) is 0.304. The highest BCUT2D eigenvalue weighted by Crippen LogP contribution is 2.41. The molecule has 3 nitrogen and oxygen atoms in total. The highest BCUT2D eigenvalue weighted by Gasteiger charge is 2.41. The average molecular weight is 616 g/mol. The second-order valence-corrected chi connectivity index (χ2v) is 8.72. The molecular weight excluding hydrogens is 602 g/mol. The van der Waals surface area contributed by atoms with E-state index in [0.29, 0.717) is 24.3 Å². The molecule has 16 heteroatoms. The van der Waals surface area contributed by atoms with Crippen LogP contribution in [0.15, 0.2) is 36.4 Å². The van der Waals surface area contributed by atoms with E-state index in [-0.39, 0.29) is 12.1 Å². The van der Waals surface area contributed by atoms with Crippen LogP contribution in [0, 0.1) is 5.82 Å². The van der Waals surface area contributed by atoms with Crippen LogP contribution in [-0.2, 0) is 11.0 Å². The molecule has 1 N–H and O–H groups in total. The smallest absolute Gasteiger partial charge is 0.347 e. The summed E-state index contributed by atoms with van der Waals surface area (Å²) in [6.07, 6.45) is -17.3. The molecule has 0 aliphatic heterocycles. The number of carbonyl (C=O) groups is 2. The molecule has 0 bridgehead atoms. The number of hydrogen-bond acceptors (Lipinski definition) is 2. The predicted molar refractivity (Wildman–Crippen MR) is 118 cm³/mol. The number of rotatable bonds is 8. The van der Waals surface area contributed by atoms with Gasteiger partial charge < -0.3 is 5.32 Å². The second-order valence-electron chi connectivity index (χ2n) is 7.91. The molecular formula is C23H14Cl2F11NO2. The SMILES string of the molecule is O=C(CCC(=O)c1ccc(/C(F)=C/C(c2cc(Cl)c(F)c(Cl)c2)C(F)(F)F)cc1C(F)(F)F)NCC(F)(F)F. The van der Waals surface area contributed by atoms with Crippen molar-refractivity contribution >= 4 is 40.7 Å². The zero-order valence-electron chi connectivity index (χ0n) is 18.9. The Bertz CT molecular complexity index is 1250. The Morgan fingerprint density at radius 2 is 1.46 bits per heavy atom. The highest BCUT2D eigenvalue weighted by molar-refractivity contribution is 6.35. The van der Waals surface area contributed by atoms with Crippen molar-refractivity contribution in [3.8, 4) is 0 Å². The summed E-state index contributed by atoms with van der Waals surface area (Å²) in [7, 11) is 0. The van der Waals surface area contributed by atoms with Crippen molar-refractivity contribution in [2.45, 2.75) is 37.3 Å². The number of halogens is 13. The van der Waals surface area contributed by atoms with E-state index in [9.17, 15) is 57.9 Å². The zero-order valence-corrected chi connectivity index (χ0v) is 20.4. The molecule has 0 heterocycles. The normalized spacial score (nSPS) is 13.8. The second kappa shape index (κ2) is 12.1. The Morgan fingerprint density at radius 1 is 0.897 bits per heavy atom. The summed E-state index contributed by atoms with van der Waals surface area (Å²) in [5.74, 6) is -8.49. The van der Waals surface area contributed by atoms with Gasteiger partial charge in [0.25, 0.3) is 0 Å². The predicted octanol–water partition coefficient (Wildman–Crippen LogP) is 8.45. The largest absolute Gasteiger partial charge is 0.417 e. The molecule has 0 spiro atoms. The molecule has 0 radical (unpaired) electrons. The lowest BCUT2D eigenvalue weighted by molar-refractivity contribution is -0.140. The molecule has 1 atom stereocenters. The van der Waals surface area contributed by atoms with Crippen LogP contribution in [0.3, 0.4) is 0 Å². The van der Waals surface area contributed by atoms with Crippen molar-refractivity contribution in [2.75, 3.05) is 6.54 Å². The van der Waals surface area contributed by atoms with E-state index in [1.54, 1.807) is 0 Å². The van der Waals surface area contributed by atoms with Crippen molar-refractivity contribution < 1.29 is 57.9 Å². The number of carbonyl (C=O) groups excluding carboxylic acids is 2. The molecule has 0 saturated heterocycles. The summed E-state index contributed by atoms with van der Waals surface area (Å²) in [5.41, 5.74) is -4.69. The van der Waals surface area contributed by atoms with Gasteiger partial charge in [-0.3, -0.25) is 9.59 Å². The molecule has 214 valence electrons. The van der Waals surface area contributed by atoms with Crippen LogP contribution in [0.5, 0.6) is 0 Å². The molecule has 2 aromatic rings. The van der Waals surface area contributed by atoms with E-state index in [2.05, 4.69) is 0 Å². The molecule has 0 aliphatic carbocycles. The maximum Gasteiger partial charge on any atom is 0.417 e. The van der Waals surface area contributed by atoms with Crippen LogP contribution >= 0.6 is 23.2 Å². The van der Waals surface area contributed by atoms with Gasteiger partial charge in [0, 0.05) is 24.0 Å². The third kappa shape index (κ3) is 9.09. The van der Waals surface area contributed by atoms with E-state index in [1.165, 1.54) is 5.32 Å². The fourth-order valence-electron chi connectivity index (χ4n) is 3.20. The number of ketones is 1. The quantitative estimate of drug-likeness (QED) is 0.184. The fourth-order valence-corrected chi connectivity index (χ4v) is 3.70. The summed E-state index contributed by atoms with van der Waals surface area (Å²) in [5, 5.41) is -0.221. The Labute approximate surface area is 222 Å². The number of alkyl halides is 9. The Hall–Kier alpha value is -2.87. The van der Waals surface area contributed by atoms with Crippen LogP contribution in [0.1, 0.15) is 45.8 Å². The van der Waals surface area contributed by atoms with Gasteiger partial charge in [0.2, 0.25) is 5.91 Å². The van der Waals surface area contributed by atoms with Crippen LogP contribution in [0.25, 0.3) is 5.83 Å². The number of hydrogen-bond donors (Lipinski definition) is 1. The van der Waals surface area contributed by atoms with Crippen LogP contribution < -0.4 is 5.32 Å². The first-order valence-corrected chi connectivity index (χ1v) is 11.1. The molecule has 0 fully saturated rings. The van der Waals surface area contributed by atoms with Gasteiger partial charge in [-0.2, -0.15) is 39.5 Å². The maximum atomic E-state index is 14.8. The minimum Gasteiger partial charge on any atom is -0.347 e. The van der Waals surface area contributed by atoms with Crippen molar-refractivity contribution in [1.82, 2.24) is 5.32 Å². The molecule has 0 aliphatic rings. The summed E-state index contributed by atoms with van der Waals surface area (Å²) >= 11 is 11.0. The third-order valence-corrected chi connectivity index (χ3v) is 5.55. The minimum absolute atomic E-state index is 0.0564.